The quantitative estimate of drug-likeness (QED) is 0.730. The fourth-order valence-electron chi connectivity index (χ4n) is 1.05. The molecule has 0 aromatic heterocycles. The minimum atomic E-state index is 0.0117. The molecule has 0 saturated carbocycles. The third-order valence-corrected chi connectivity index (χ3v) is 1.74. The van der Waals surface area contributed by atoms with Crippen LogP contribution in [0, 0.1) is 0 Å². The molecule has 13 heavy (non-hydrogen) atoms. The number of hydrogen-bond donors (Lipinski definition) is 2. The van der Waals surface area contributed by atoms with Crippen molar-refractivity contribution in [2.45, 2.75) is 13.0 Å². The molecule has 1 atom stereocenters. The van der Waals surface area contributed by atoms with Crippen molar-refractivity contribution in [3.63, 3.8) is 0 Å². The molecule has 0 fully saturated rings. The van der Waals surface area contributed by atoms with Gasteiger partial charge in [-0.1, -0.05) is 12.1 Å². The van der Waals surface area contributed by atoms with E-state index in [1.165, 1.54) is 0 Å². The Kier molecular flexibility index (Phi) is 3.73. The van der Waals surface area contributed by atoms with Gasteiger partial charge >= 0.3 is 0 Å². The Morgan fingerprint density at radius 3 is 2.92 bits per heavy atom. The Balaban J connectivity index is 2.68. The highest BCUT2D eigenvalue weighted by Crippen LogP contribution is 2.17. The molecule has 0 radical (unpaired) electrons. The van der Waals surface area contributed by atoms with E-state index in [1.807, 2.05) is 31.2 Å². The van der Waals surface area contributed by atoms with Crippen LogP contribution < -0.4 is 10.5 Å². The first-order valence-electron chi connectivity index (χ1n) is 4.33. The van der Waals surface area contributed by atoms with Crippen LogP contribution in [-0.4, -0.2) is 18.3 Å². The molecule has 0 amide bonds. The summed E-state index contributed by atoms with van der Waals surface area (Å²) >= 11 is 0. The van der Waals surface area contributed by atoms with E-state index in [0.717, 1.165) is 11.3 Å². The SMILES string of the molecule is C[C@H](N)c1cccc(OCCO)c1. The van der Waals surface area contributed by atoms with Gasteiger partial charge in [-0.25, -0.2) is 0 Å². The van der Waals surface area contributed by atoms with E-state index < -0.39 is 0 Å². The number of ether oxygens (including phenoxy) is 1. The molecule has 3 nitrogen and oxygen atoms in total. The average molecular weight is 181 g/mol. The zero-order chi connectivity index (χ0) is 9.68. The van der Waals surface area contributed by atoms with Crippen molar-refractivity contribution in [1.82, 2.24) is 0 Å². The molecule has 0 bridgehead atoms. The summed E-state index contributed by atoms with van der Waals surface area (Å²) in [5.74, 6) is 0.754. The highest BCUT2D eigenvalue weighted by molar-refractivity contribution is 5.30. The lowest BCUT2D eigenvalue weighted by Gasteiger charge is -2.08. The molecule has 0 unspecified atom stereocenters. The molecule has 3 N–H and O–H groups in total. The van der Waals surface area contributed by atoms with Crippen molar-refractivity contribution in [3.8, 4) is 5.75 Å². The van der Waals surface area contributed by atoms with Crippen LogP contribution in [0.15, 0.2) is 24.3 Å². The molecule has 3 heteroatoms. The lowest BCUT2D eigenvalue weighted by atomic mass is 10.1. The van der Waals surface area contributed by atoms with Gasteiger partial charge in [-0.2, -0.15) is 0 Å². The second-order valence-electron chi connectivity index (χ2n) is 2.93. The van der Waals surface area contributed by atoms with Crippen LogP contribution in [0.4, 0.5) is 0 Å². The minimum Gasteiger partial charge on any atom is -0.491 e. The molecular formula is C10H15NO2. The molecule has 0 saturated heterocycles. The summed E-state index contributed by atoms with van der Waals surface area (Å²) in [6.07, 6.45) is 0. The predicted octanol–water partition coefficient (Wildman–Crippen LogP) is 1.08. The first-order valence-corrected chi connectivity index (χ1v) is 4.33. The molecule has 72 valence electrons. The molecule has 1 rings (SSSR count). The summed E-state index contributed by atoms with van der Waals surface area (Å²) in [7, 11) is 0. The third kappa shape index (κ3) is 3.05. The average Bonchev–Trinajstić information content (AvgIpc) is 2.15. The molecule has 0 aliphatic carbocycles. The predicted molar refractivity (Wildman–Crippen MR) is 51.6 cm³/mol. The van der Waals surface area contributed by atoms with Gasteiger partial charge in [0.15, 0.2) is 0 Å². The van der Waals surface area contributed by atoms with Crippen molar-refractivity contribution < 1.29 is 9.84 Å². The second-order valence-corrected chi connectivity index (χ2v) is 2.93. The van der Waals surface area contributed by atoms with E-state index in [0.29, 0.717) is 6.61 Å². The number of aliphatic hydroxyl groups is 1. The van der Waals surface area contributed by atoms with Crippen LogP contribution >= 0.6 is 0 Å². The summed E-state index contributed by atoms with van der Waals surface area (Å²) in [5.41, 5.74) is 6.74. The summed E-state index contributed by atoms with van der Waals surface area (Å²) in [6, 6.07) is 7.60. The molecule has 0 spiro atoms. The van der Waals surface area contributed by atoms with E-state index >= 15 is 0 Å². The second kappa shape index (κ2) is 4.84. The highest BCUT2D eigenvalue weighted by atomic mass is 16.5. The van der Waals surface area contributed by atoms with Gasteiger partial charge in [0.2, 0.25) is 0 Å². The van der Waals surface area contributed by atoms with Gasteiger partial charge in [0, 0.05) is 6.04 Å². The monoisotopic (exact) mass is 181 g/mol. The van der Waals surface area contributed by atoms with Crippen LogP contribution in [0.2, 0.25) is 0 Å². The number of benzene rings is 1. The number of aliphatic hydroxyl groups excluding tert-OH is 1. The maximum Gasteiger partial charge on any atom is 0.119 e. The van der Waals surface area contributed by atoms with Crippen LogP contribution in [0.3, 0.4) is 0 Å². The first-order chi connectivity index (χ1) is 6.24. The van der Waals surface area contributed by atoms with E-state index in [-0.39, 0.29) is 12.6 Å². The zero-order valence-electron chi connectivity index (χ0n) is 7.73. The lowest BCUT2D eigenvalue weighted by Crippen LogP contribution is -2.06. The first kappa shape index (κ1) is 10.0. The van der Waals surface area contributed by atoms with Crippen molar-refractivity contribution in [1.29, 1.82) is 0 Å². The Labute approximate surface area is 78.1 Å². The number of rotatable bonds is 4. The Bertz CT molecular complexity index is 261. The molecule has 0 aliphatic heterocycles. The summed E-state index contributed by atoms with van der Waals surface area (Å²) in [6.45, 7) is 2.27. The van der Waals surface area contributed by atoms with E-state index in [4.69, 9.17) is 15.6 Å². The molecule has 0 aliphatic rings. The van der Waals surface area contributed by atoms with Crippen LogP contribution in [0.5, 0.6) is 5.75 Å². The van der Waals surface area contributed by atoms with Gasteiger partial charge in [0.1, 0.15) is 12.4 Å². The van der Waals surface area contributed by atoms with Gasteiger partial charge in [0.25, 0.3) is 0 Å². The summed E-state index contributed by atoms with van der Waals surface area (Å²) < 4.78 is 5.24. The Hall–Kier alpha value is -1.06. The number of hydrogen-bond acceptors (Lipinski definition) is 3. The van der Waals surface area contributed by atoms with Crippen molar-refractivity contribution in [2.24, 2.45) is 5.73 Å². The molecule has 1 aromatic rings. The highest BCUT2D eigenvalue weighted by Gasteiger charge is 2.00. The van der Waals surface area contributed by atoms with E-state index in [9.17, 15) is 0 Å². The van der Waals surface area contributed by atoms with Crippen LogP contribution in [-0.2, 0) is 0 Å². The van der Waals surface area contributed by atoms with Crippen molar-refractivity contribution >= 4 is 0 Å². The lowest BCUT2D eigenvalue weighted by molar-refractivity contribution is 0.201. The van der Waals surface area contributed by atoms with Crippen LogP contribution in [0.1, 0.15) is 18.5 Å². The van der Waals surface area contributed by atoms with Gasteiger partial charge < -0.3 is 15.6 Å². The smallest absolute Gasteiger partial charge is 0.119 e. The Morgan fingerprint density at radius 1 is 1.54 bits per heavy atom. The van der Waals surface area contributed by atoms with Gasteiger partial charge in [-0.3, -0.25) is 0 Å². The van der Waals surface area contributed by atoms with E-state index in [2.05, 4.69) is 0 Å². The maximum atomic E-state index is 8.56. The largest absolute Gasteiger partial charge is 0.491 e. The molecule has 1 aromatic carbocycles. The van der Waals surface area contributed by atoms with E-state index in [1.54, 1.807) is 0 Å². The van der Waals surface area contributed by atoms with Crippen molar-refractivity contribution in [3.05, 3.63) is 29.8 Å². The Morgan fingerprint density at radius 2 is 2.31 bits per heavy atom. The maximum absolute atomic E-state index is 8.56. The minimum absolute atomic E-state index is 0.0117. The zero-order valence-corrected chi connectivity index (χ0v) is 7.73. The fourth-order valence-corrected chi connectivity index (χ4v) is 1.05. The number of nitrogens with two attached hydrogens (primary N) is 1. The summed E-state index contributed by atoms with van der Waals surface area (Å²) in [4.78, 5) is 0. The van der Waals surface area contributed by atoms with Gasteiger partial charge in [0.05, 0.1) is 6.61 Å². The third-order valence-electron chi connectivity index (χ3n) is 1.74. The van der Waals surface area contributed by atoms with Gasteiger partial charge in [-0.15, -0.1) is 0 Å². The van der Waals surface area contributed by atoms with Crippen LogP contribution in [0.25, 0.3) is 0 Å². The molecule has 0 heterocycles. The standard InChI is InChI=1S/C10H15NO2/c1-8(11)9-3-2-4-10(7-9)13-6-5-12/h2-4,7-8,12H,5-6,11H2,1H3/t8-/m0/s1. The molecular weight excluding hydrogens is 166 g/mol. The summed E-state index contributed by atoms with van der Waals surface area (Å²) in [5, 5.41) is 8.56. The van der Waals surface area contributed by atoms with Crippen molar-refractivity contribution in [2.75, 3.05) is 13.2 Å². The normalized spacial score (nSPS) is 12.5. The van der Waals surface area contributed by atoms with Gasteiger partial charge in [-0.05, 0) is 24.6 Å². The fraction of sp³-hybridized carbons (Fsp3) is 0.400. The topological polar surface area (TPSA) is 55.5 Å².